The van der Waals surface area contributed by atoms with Gasteiger partial charge in [0.1, 0.15) is 6.61 Å². The highest BCUT2D eigenvalue weighted by atomic mass is 16.6. The number of hydrogen-bond donors (Lipinski definition) is 2. The molecule has 0 unspecified atom stereocenters. The summed E-state index contributed by atoms with van der Waals surface area (Å²) in [4.78, 5) is 24.8. The van der Waals surface area contributed by atoms with Crippen LogP contribution in [0.2, 0.25) is 0 Å². The lowest BCUT2D eigenvalue weighted by Crippen LogP contribution is -2.42. The van der Waals surface area contributed by atoms with Gasteiger partial charge in [-0.2, -0.15) is 0 Å². The highest BCUT2D eigenvalue weighted by Crippen LogP contribution is 2.14. The molecule has 0 aromatic heterocycles. The SMILES string of the molecule is CC(=O)N[C@H]1CCN(C(=O)OCc2ccccc2)CC[C@@H]1O. The Morgan fingerprint density at radius 1 is 1.27 bits per heavy atom. The molecule has 2 amide bonds. The van der Waals surface area contributed by atoms with Crippen LogP contribution < -0.4 is 5.32 Å². The number of benzene rings is 1. The van der Waals surface area contributed by atoms with Gasteiger partial charge in [-0.15, -0.1) is 0 Å². The summed E-state index contributed by atoms with van der Waals surface area (Å²) < 4.78 is 5.29. The second-order valence-corrected chi connectivity index (χ2v) is 5.48. The highest BCUT2D eigenvalue weighted by molar-refractivity contribution is 5.73. The normalized spacial score (nSPS) is 21.8. The summed E-state index contributed by atoms with van der Waals surface area (Å²) in [5, 5.41) is 12.7. The molecule has 6 nitrogen and oxygen atoms in total. The molecule has 1 saturated heterocycles. The number of nitrogens with one attached hydrogen (secondary N) is 1. The molecule has 2 rings (SSSR count). The van der Waals surface area contributed by atoms with Crippen LogP contribution in [0, 0.1) is 0 Å². The van der Waals surface area contributed by atoms with E-state index >= 15 is 0 Å². The average molecular weight is 306 g/mol. The molecular formula is C16H22N2O4. The fraction of sp³-hybridized carbons (Fsp3) is 0.500. The number of carbonyl (C=O) groups is 2. The first-order valence-corrected chi connectivity index (χ1v) is 7.47. The summed E-state index contributed by atoms with van der Waals surface area (Å²) in [7, 11) is 0. The maximum atomic E-state index is 12.1. The zero-order valence-corrected chi connectivity index (χ0v) is 12.7. The molecule has 1 aromatic rings. The Kier molecular flexibility index (Phi) is 5.77. The highest BCUT2D eigenvalue weighted by Gasteiger charge is 2.27. The maximum absolute atomic E-state index is 12.1. The van der Waals surface area contributed by atoms with Gasteiger partial charge in [0.05, 0.1) is 12.1 Å². The molecule has 2 atom stereocenters. The summed E-state index contributed by atoms with van der Waals surface area (Å²) in [5.74, 6) is -0.177. The predicted octanol–water partition coefficient (Wildman–Crippen LogP) is 1.28. The van der Waals surface area contributed by atoms with Gasteiger partial charge >= 0.3 is 6.09 Å². The third-order valence-corrected chi connectivity index (χ3v) is 3.72. The van der Waals surface area contributed by atoms with Crippen molar-refractivity contribution in [1.82, 2.24) is 10.2 Å². The number of likely N-dealkylation sites (tertiary alicyclic amines) is 1. The minimum atomic E-state index is -0.643. The molecule has 0 saturated carbocycles. The third kappa shape index (κ3) is 4.73. The molecule has 1 fully saturated rings. The van der Waals surface area contributed by atoms with Crippen LogP contribution in [0.15, 0.2) is 30.3 Å². The third-order valence-electron chi connectivity index (χ3n) is 3.72. The van der Waals surface area contributed by atoms with Crippen LogP contribution in [0.5, 0.6) is 0 Å². The van der Waals surface area contributed by atoms with E-state index in [1.54, 1.807) is 4.90 Å². The van der Waals surface area contributed by atoms with Crippen molar-refractivity contribution in [2.24, 2.45) is 0 Å². The van der Waals surface area contributed by atoms with Gasteiger partial charge in [-0.3, -0.25) is 4.79 Å². The summed E-state index contributed by atoms with van der Waals surface area (Å²) in [6.45, 7) is 2.53. The molecule has 2 N–H and O–H groups in total. The molecular weight excluding hydrogens is 284 g/mol. The first-order chi connectivity index (χ1) is 10.6. The van der Waals surface area contributed by atoms with Crippen molar-refractivity contribution in [2.75, 3.05) is 13.1 Å². The van der Waals surface area contributed by atoms with Crippen molar-refractivity contribution in [2.45, 2.75) is 38.5 Å². The lowest BCUT2D eigenvalue weighted by Gasteiger charge is -2.20. The van der Waals surface area contributed by atoms with E-state index in [2.05, 4.69) is 5.32 Å². The van der Waals surface area contributed by atoms with Crippen molar-refractivity contribution in [3.8, 4) is 0 Å². The van der Waals surface area contributed by atoms with Crippen LogP contribution in [-0.2, 0) is 16.1 Å². The van der Waals surface area contributed by atoms with Gasteiger partial charge in [-0.1, -0.05) is 30.3 Å². The molecule has 22 heavy (non-hydrogen) atoms. The number of nitrogens with zero attached hydrogens (tertiary/aromatic N) is 1. The Labute approximate surface area is 130 Å². The standard InChI is InChI=1S/C16H22N2O4/c1-12(19)17-14-7-9-18(10-8-15(14)20)16(21)22-11-13-5-3-2-4-6-13/h2-6,14-15,20H,7-11H2,1H3,(H,17,19)/t14-,15-/m0/s1. The second kappa shape index (κ2) is 7.79. The Morgan fingerprint density at radius 3 is 2.64 bits per heavy atom. The van der Waals surface area contributed by atoms with Gasteiger partial charge in [0.15, 0.2) is 0 Å². The Balaban J connectivity index is 1.84. The molecule has 1 aromatic carbocycles. The monoisotopic (exact) mass is 306 g/mol. The Morgan fingerprint density at radius 2 is 1.95 bits per heavy atom. The van der Waals surface area contributed by atoms with E-state index in [0.29, 0.717) is 25.9 Å². The molecule has 1 aliphatic rings. The zero-order chi connectivity index (χ0) is 15.9. The Hall–Kier alpha value is -2.08. The van der Waals surface area contributed by atoms with Crippen molar-refractivity contribution < 1.29 is 19.4 Å². The fourth-order valence-corrected chi connectivity index (χ4v) is 2.51. The van der Waals surface area contributed by atoms with Crippen LogP contribution in [-0.4, -0.2) is 47.2 Å². The first-order valence-electron chi connectivity index (χ1n) is 7.47. The van der Waals surface area contributed by atoms with E-state index in [0.717, 1.165) is 5.56 Å². The molecule has 0 radical (unpaired) electrons. The van der Waals surface area contributed by atoms with E-state index < -0.39 is 6.10 Å². The number of hydrogen-bond acceptors (Lipinski definition) is 4. The van der Waals surface area contributed by atoms with Crippen LogP contribution in [0.4, 0.5) is 4.79 Å². The lowest BCUT2D eigenvalue weighted by molar-refractivity contribution is -0.120. The van der Waals surface area contributed by atoms with E-state index in [4.69, 9.17) is 4.74 Å². The number of aliphatic hydroxyl groups excluding tert-OH is 1. The van der Waals surface area contributed by atoms with Gasteiger partial charge in [0.25, 0.3) is 0 Å². The number of carbonyl (C=O) groups excluding carboxylic acids is 2. The smallest absolute Gasteiger partial charge is 0.410 e. The second-order valence-electron chi connectivity index (χ2n) is 5.48. The topological polar surface area (TPSA) is 78.9 Å². The summed E-state index contributed by atoms with van der Waals surface area (Å²) in [6, 6.07) is 9.17. The molecule has 0 aliphatic carbocycles. The molecule has 1 heterocycles. The molecule has 120 valence electrons. The van der Waals surface area contributed by atoms with Gasteiger partial charge in [0.2, 0.25) is 5.91 Å². The van der Waals surface area contributed by atoms with Crippen LogP contribution in [0.3, 0.4) is 0 Å². The average Bonchev–Trinajstić information content (AvgIpc) is 2.68. The molecule has 0 bridgehead atoms. The van der Waals surface area contributed by atoms with Gasteiger partial charge in [-0.05, 0) is 18.4 Å². The van der Waals surface area contributed by atoms with Gasteiger partial charge in [0, 0.05) is 20.0 Å². The van der Waals surface area contributed by atoms with Crippen LogP contribution in [0.25, 0.3) is 0 Å². The van der Waals surface area contributed by atoms with Crippen molar-refractivity contribution in [3.63, 3.8) is 0 Å². The van der Waals surface area contributed by atoms with Crippen molar-refractivity contribution >= 4 is 12.0 Å². The maximum Gasteiger partial charge on any atom is 0.410 e. The number of rotatable bonds is 3. The van der Waals surface area contributed by atoms with Crippen molar-refractivity contribution in [3.05, 3.63) is 35.9 Å². The van der Waals surface area contributed by atoms with E-state index in [-0.39, 0.29) is 24.6 Å². The number of amides is 2. The van der Waals surface area contributed by atoms with E-state index in [9.17, 15) is 14.7 Å². The zero-order valence-electron chi connectivity index (χ0n) is 12.7. The van der Waals surface area contributed by atoms with Gasteiger partial charge in [-0.25, -0.2) is 4.79 Å². The quantitative estimate of drug-likeness (QED) is 0.882. The lowest BCUT2D eigenvalue weighted by atomic mass is 10.1. The number of ether oxygens (including phenoxy) is 1. The molecule has 6 heteroatoms. The Bertz CT molecular complexity index is 506. The predicted molar refractivity (Wildman–Crippen MR) is 81.0 cm³/mol. The minimum Gasteiger partial charge on any atom is -0.445 e. The van der Waals surface area contributed by atoms with Crippen molar-refractivity contribution in [1.29, 1.82) is 0 Å². The molecule has 0 spiro atoms. The van der Waals surface area contributed by atoms with Crippen LogP contribution >= 0.6 is 0 Å². The summed E-state index contributed by atoms with van der Waals surface area (Å²) in [5.41, 5.74) is 0.932. The molecule has 1 aliphatic heterocycles. The summed E-state index contributed by atoms with van der Waals surface area (Å²) in [6.07, 6.45) is -0.0950. The first kappa shape index (κ1) is 16.3. The van der Waals surface area contributed by atoms with E-state index in [1.807, 2.05) is 30.3 Å². The van der Waals surface area contributed by atoms with Crippen LogP contribution in [0.1, 0.15) is 25.3 Å². The summed E-state index contributed by atoms with van der Waals surface area (Å²) >= 11 is 0. The van der Waals surface area contributed by atoms with Gasteiger partial charge < -0.3 is 20.1 Å². The fourth-order valence-electron chi connectivity index (χ4n) is 2.51. The minimum absolute atomic E-state index is 0.177. The number of aliphatic hydroxyl groups is 1. The van der Waals surface area contributed by atoms with E-state index in [1.165, 1.54) is 6.92 Å². The largest absolute Gasteiger partial charge is 0.445 e.